The van der Waals surface area contributed by atoms with Gasteiger partial charge in [0.1, 0.15) is 17.2 Å². The fourth-order valence-corrected chi connectivity index (χ4v) is 1.76. The lowest BCUT2D eigenvalue weighted by atomic mass is 9.96. The number of fused-ring (bicyclic) bond motifs is 1. The zero-order chi connectivity index (χ0) is 10.2. The van der Waals surface area contributed by atoms with Crippen molar-refractivity contribution < 1.29 is 9.13 Å². The van der Waals surface area contributed by atoms with Crippen molar-refractivity contribution in [2.75, 3.05) is 0 Å². The predicted octanol–water partition coefficient (Wildman–Crippen LogP) is 2.43. The molecule has 0 fully saturated rings. The van der Waals surface area contributed by atoms with E-state index in [0.29, 0.717) is 18.6 Å². The first-order valence-corrected chi connectivity index (χ1v) is 4.47. The second-order valence-corrected chi connectivity index (χ2v) is 3.82. The van der Waals surface area contributed by atoms with Crippen molar-refractivity contribution in [3.05, 3.63) is 29.6 Å². The number of hydrogen-bond donors (Lipinski definition) is 0. The van der Waals surface area contributed by atoms with E-state index >= 15 is 0 Å². The van der Waals surface area contributed by atoms with E-state index in [2.05, 4.69) is 6.07 Å². The maximum Gasteiger partial charge on any atom is 0.123 e. The smallest absolute Gasteiger partial charge is 0.123 e. The first-order valence-electron chi connectivity index (χ1n) is 4.47. The Kier molecular flexibility index (Phi) is 1.92. The van der Waals surface area contributed by atoms with Crippen molar-refractivity contribution in [2.24, 2.45) is 0 Å². The molecule has 2 rings (SSSR count). The number of nitrogens with zero attached hydrogens (tertiary/aromatic N) is 1. The van der Waals surface area contributed by atoms with E-state index in [1.807, 2.05) is 6.92 Å². The Labute approximate surface area is 81.9 Å². The lowest BCUT2D eigenvalue weighted by Crippen LogP contribution is -2.29. The molecule has 1 aromatic carbocycles. The van der Waals surface area contributed by atoms with Crippen LogP contribution in [0.3, 0.4) is 0 Å². The summed E-state index contributed by atoms with van der Waals surface area (Å²) in [4.78, 5) is 0. The summed E-state index contributed by atoms with van der Waals surface area (Å²) in [5.74, 6) is 0.442. The molecule has 1 atom stereocenters. The first kappa shape index (κ1) is 9.01. The normalized spacial score (nSPS) is 23.8. The fourth-order valence-electron chi connectivity index (χ4n) is 1.76. The van der Waals surface area contributed by atoms with Gasteiger partial charge < -0.3 is 4.74 Å². The average molecular weight is 191 g/mol. The van der Waals surface area contributed by atoms with Gasteiger partial charge in [-0.05, 0) is 25.1 Å². The minimum absolute atomic E-state index is 0.256. The molecule has 72 valence electrons. The van der Waals surface area contributed by atoms with E-state index in [1.165, 1.54) is 12.1 Å². The maximum absolute atomic E-state index is 12.9. The SMILES string of the molecule is CC1(CC#N)Cc2cc(F)ccc2O1. The molecule has 0 N–H and O–H groups in total. The number of rotatable bonds is 1. The Balaban J connectivity index is 2.30. The van der Waals surface area contributed by atoms with Crippen molar-refractivity contribution >= 4 is 0 Å². The van der Waals surface area contributed by atoms with Gasteiger partial charge in [0.05, 0.1) is 12.5 Å². The quantitative estimate of drug-likeness (QED) is 0.683. The molecule has 1 aliphatic heterocycles. The summed E-state index contributed by atoms with van der Waals surface area (Å²) in [5.41, 5.74) is 0.368. The Morgan fingerprint density at radius 2 is 2.43 bits per heavy atom. The van der Waals surface area contributed by atoms with Gasteiger partial charge in [-0.2, -0.15) is 5.26 Å². The summed E-state index contributed by atoms with van der Waals surface area (Å²) in [7, 11) is 0. The highest BCUT2D eigenvalue weighted by molar-refractivity contribution is 5.39. The number of benzene rings is 1. The predicted molar refractivity (Wildman–Crippen MR) is 49.4 cm³/mol. The van der Waals surface area contributed by atoms with Gasteiger partial charge in [-0.15, -0.1) is 0 Å². The molecule has 1 heterocycles. The highest BCUT2D eigenvalue weighted by Gasteiger charge is 2.34. The van der Waals surface area contributed by atoms with E-state index in [1.54, 1.807) is 6.07 Å². The van der Waals surface area contributed by atoms with Crippen LogP contribution >= 0.6 is 0 Å². The van der Waals surface area contributed by atoms with Gasteiger partial charge in [-0.3, -0.25) is 0 Å². The molecule has 0 amide bonds. The van der Waals surface area contributed by atoms with Gasteiger partial charge in [-0.25, -0.2) is 4.39 Å². The van der Waals surface area contributed by atoms with Crippen LogP contribution in [0.25, 0.3) is 0 Å². The van der Waals surface area contributed by atoms with Crippen LogP contribution in [-0.2, 0) is 6.42 Å². The fraction of sp³-hybridized carbons (Fsp3) is 0.364. The molecule has 0 spiro atoms. The lowest BCUT2D eigenvalue weighted by molar-refractivity contribution is 0.122. The molecule has 1 aromatic rings. The Hall–Kier alpha value is -1.56. The molecule has 0 aromatic heterocycles. The molecule has 2 nitrogen and oxygen atoms in total. The zero-order valence-electron chi connectivity index (χ0n) is 7.88. The van der Waals surface area contributed by atoms with E-state index in [0.717, 1.165) is 5.56 Å². The van der Waals surface area contributed by atoms with Crippen LogP contribution in [0.1, 0.15) is 18.9 Å². The van der Waals surface area contributed by atoms with Crippen LogP contribution in [0, 0.1) is 17.1 Å². The van der Waals surface area contributed by atoms with Crippen LogP contribution in [0.15, 0.2) is 18.2 Å². The van der Waals surface area contributed by atoms with Gasteiger partial charge >= 0.3 is 0 Å². The van der Waals surface area contributed by atoms with E-state index in [9.17, 15) is 4.39 Å². The molecular weight excluding hydrogens is 181 g/mol. The molecule has 1 aliphatic rings. The standard InChI is InChI=1S/C11H10FNO/c1-11(4-5-13)7-8-6-9(12)2-3-10(8)14-11/h2-3,6H,4,7H2,1H3. The number of hydrogen-bond acceptors (Lipinski definition) is 2. The summed E-state index contributed by atoms with van der Waals surface area (Å²) in [6.07, 6.45) is 0.928. The Bertz CT molecular complexity index is 410. The van der Waals surface area contributed by atoms with Gasteiger partial charge in [0, 0.05) is 12.0 Å². The third kappa shape index (κ3) is 1.44. The van der Waals surface area contributed by atoms with Crippen LogP contribution in [0.4, 0.5) is 4.39 Å². The van der Waals surface area contributed by atoms with E-state index in [4.69, 9.17) is 10.00 Å². The number of ether oxygens (including phenoxy) is 1. The average Bonchev–Trinajstić information content (AvgIpc) is 2.40. The van der Waals surface area contributed by atoms with Gasteiger partial charge in [0.2, 0.25) is 0 Å². The monoisotopic (exact) mass is 191 g/mol. The van der Waals surface area contributed by atoms with Crippen molar-refractivity contribution in [1.29, 1.82) is 5.26 Å². The summed E-state index contributed by atoms with van der Waals surface area (Å²) in [5, 5.41) is 8.62. The zero-order valence-corrected chi connectivity index (χ0v) is 7.88. The molecular formula is C11H10FNO. The third-order valence-electron chi connectivity index (χ3n) is 2.40. The first-order chi connectivity index (χ1) is 6.63. The summed E-state index contributed by atoms with van der Waals surface area (Å²) in [6.45, 7) is 1.87. The second-order valence-electron chi connectivity index (χ2n) is 3.82. The van der Waals surface area contributed by atoms with Crippen LogP contribution in [0.2, 0.25) is 0 Å². The summed E-state index contributed by atoms with van der Waals surface area (Å²) in [6, 6.07) is 6.54. The van der Waals surface area contributed by atoms with Crippen molar-refractivity contribution in [2.45, 2.75) is 25.4 Å². The molecule has 0 bridgehead atoms. The summed E-state index contributed by atoms with van der Waals surface area (Å²) >= 11 is 0. The molecule has 1 unspecified atom stereocenters. The van der Waals surface area contributed by atoms with Gasteiger partial charge in [-0.1, -0.05) is 0 Å². The molecule has 0 radical (unpaired) electrons. The van der Waals surface area contributed by atoms with Crippen LogP contribution < -0.4 is 4.74 Å². The largest absolute Gasteiger partial charge is 0.486 e. The van der Waals surface area contributed by atoms with Crippen LogP contribution in [0.5, 0.6) is 5.75 Å². The summed E-state index contributed by atoms with van der Waals surface area (Å²) < 4.78 is 18.5. The van der Waals surface area contributed by atoms with E-state index < -0.39 is 5.60 Å². The minimum Gasteiger partial charge on any atom is -0.486 e. The Morgan fingerprint density at radius 3 is 3.14 bits per heavy atom. The highest BCUT2D eigenvalue weighted by Crippen LogP contribution is 2.36. The topological polar surface area (TPSA) is 33.0 Å². The van der Waals surface area contributed by atoms with Crippen molar-refractivity contribution in [3.63, 3.8) is 0 Å². The van der Waals surface area contributed by atoms with Crippen LogP contribution in [-0.4, -0.2) is 5.60 Å². The molecule has 0 saturated heterocycles. The van der Waals surface area contributed by atoms with Crippen molar-refractivity contribution in [3.8, 4) is 11.8 Å². The number of halogens is 1. The maximum atomic E-state index is 12.9. The minimum atomic E-state index is -0.481. The Morgan fingerprint density at radius 1 is 1.64 bits per heavy atom. The lowest BCUT2D eigenvalue weighted by Gasteiger charge is -2.19. The second kappa shape index (κ2) is 2.98. The highest BCUT2D eigenvalue weighted by atomic mass is 19.1. The molecule has 14 heavy (non-hydrogen) atoms. The van der Waals surface area contributed by atoms with Gasteiger partial charge in [0.15, 0.2) is 0 Å². The number of nitriles is 1. The third-order valence-corrected chi connectivity index (χ3v) is 2.40. The van der Waals surface area contributed by atoms with Crippen molar-refractivity contribution in [1.82, 2.24) is 0 Å². The molecule has 0 saturated carbocycles. The van der Waals surface area contributed by atoms with E-state index in [-0.39, 0.29) is 5.82 Å². The van der Waals surface area contributed by atoms with Gasteiger partial charge in [0.25, 0.3) is 0 Å². The molecule has 3 heteroatoms. The molecule has 0 aliphatic carbocycles.